The van der Waals surface area contributed by atoms with E-state index in [1.807, 2.05) is 6.08 Å². The Labute approximate surface area is 74.1 Å². The van der Waals surface area contributed by atoms with E-state index in [9.17, 15) is 0 Å². The molecule has 12 heavy (non-hydrogen) atoms. The summed E-state index contributed by atoms with van der Waals surface area (Å²) in [5, 5.41) is 0. The zero-order valence-electron chi connectivity index (χ0n) is 7.68. The van der Waals surface area contributed by atoms with Crippen LogP contribution in [0.25, 0.3) is 0 Å². The second kappa shape index (κ2) is 2.65. The van der Waals surface area contributed by atoms with Crippen molar-refractivity contribution in [2.24, 2.45) is 5.41 Å². The topological polar surface area (TPSA) is 9.23 Å². The summed E-state index contributed by atoms with van der Waals surface area (Å²) in [5.41, 5.74) is 0.330. The van der Waals surface area contributed by atoms with Crippen molar-refractivity contribution in [1.29, 1.82) is 0 Å². The van der Waals surface area contributed by atoms with E-state index in [1.54, 1.807) is 0 Å². The van der Waals surface area contributed by atoms with Crippen molar-refractivity contribution >= 4 is 0 Å². The molecule has 2 aliphatic rings. The number of hydrogen-bond acceptors (Lipinski definition) is 1. The van der Waals surface area contributed by atoms with Crippen molar-refractivity contribution in [3.63, 3.8) is 0 Å². The third kappa shape index (κ3) is 1.08. The fraction of sp³-hybridized carbons (Fsp3) is 0.636. The van der Waals surface area contributed by atoms with Crippen molar-refractivity contribution < 1.29 is 4.74 Å². The Bertz CT molecular complexity index is 229. The standard InChI is InChI=1S/C11H16O/c1-3-9-8-11(2)7-5-4-6-10(11)12-9/h3,6,9H,1,4-5,7-8H2,2H3/t9-,11+/m1/s1. The molecule has 0 amide bonds. The van der Waals surface area contributed by atoms with Crippen molar-refractivity contribution in [3.8, 4) is 0 Å². The van der Waals surface area contributed by atoms with E-state index >= 15 is 0 Å². The number of rotatable bonds is 1. The van der Waals surface area contributed by atoms with Crippen LogP contribution in [-0.4, -0.2) is 6.10 Å². The van der Waals surface area contributed by atoms with Gasteiger partial charge >= 0.3 is 0 Å². The number of hydrogen-bond donors (Lipinski definition) is 0. The molecule has 0 bridgehead atoms. The largest absolute Gasteiger partial charge is 0.490 e. The molecule has 0 saturated carbocycles. The summed E-state index contributed by atoms with van der Waals surface area (Å²) < 4.78 is 5.76. The molecular weight excluding hydrogens is 148 g/mol. The fourth-order valence-corrected chi connectivity index (χ4v) is 2.27. The lowest BCUT2D eigenvalue weighted by Crippen LogP contribution is -2.17. The summed E-state index contributed by atoms with van der Waals surface area (Å²) in [7, 11) is 0. The Morgan fingerprint density at radius 3 is 3.25 bits per heavy atom. The molecule has 66 valence electrons. The van der Waals surface area contributed by atoms with Gasteiger partial charge in [0, 0.05) is 11.8 Å². The highest BCUT2D eigenvalue weighted by molar-refractivity contribution is 5.17. The predicted octanol–water partition coefficient (Wildman–Crippen LogP) is 3.04. The zero-order valence-corrected chi connectivity index (χ0v) is 7.68. The van der Waals surface area contributed by atoms with Gasteiger partial charge < -0.3 is 4.74 Å². The van der Waals surface area contributed by atoms with Crippen molar-refractivity contribution in [2.45, 2.75) is 38.7 Å². The number of allylic oxidation sites excluding steroid dienone is 2. The maximum absolute atomic E-state index is 5.76. The van der Waals surface area contributed by atoms with Crippen molar-refractivity contribution in [1.82, 2.24) is 0 Å². The van der Waals surface area contributed by atoms with E-state index in [1.165, 1.54) is 25.0 Å². The first-order chi connectivity index (χ1) is 5.74. The molecule has 2 atom stereocenters. The summed E-state index contributed by atoms with van der Waals surface area (Å²) in [6.45, 7) is 6.09. The van der Waals surface area contributed by atoms with Gasteiger partial charge in [-0.25, -0.2) is 0 Å². The van der Waals surface area contributed by atoms with E-state index in [0.29, 0.717) is 5.41 Å². The highest BCUT2D eigenvalue weighted by atomic mass is 16.5. The highest BCUT2D eigenvalue weighted by Crippen LogP contribution is 2.47. The van der Waals surface area contributed by atoms with E-state index in [-0.39, 0.29) is 6.10 Å². The molecule has 0 aromatic rings. The third-order valence-corrected chi connectivity index (χ3v) is 3.05. The molecule has 0 radical (unpaired) electrons. The SMILES string of the molecule is C=C[C@@H]1C[C@]2(C)CCCC=C2O1. The van der Waals surface area contributed by atoms with E-state index in [4.69, 9.17) is 4.74 Å². The maximum atomic E-state index is 5.76. The summed E-state index contributed by atoms with van der Waals surface area (Å²) >= 11 is 0. The minimum Gasteiger partial charge on any atom is -0.490 e. The van der Waals surface area contributed by atoms with Gasteiger partial charge in [-0.3, -0.25) is 0 Å². The Balaban J connectivity index is 2.23. The van der Waals surface area contributed by atoms with Gasteiger partial charge in [0.2, 0.25) is 0 Å². The van der Waals surface area contributed by atoms with E-state index in [0.717, 1.165) is 6.42 Å². The first-order valence-electron chi connectivity index (χ1n) is 4.74. The predicted molar refractivity (Wildman–Crippen MR) is 49.7 cm³/mol. The van der Waals surface area contributed by atoms with Gasteiger partial charge in [0.25, 0.3) is 0 Å². The van der Waals surface area contributed by atoms with Gasteiger partial charge in [0.15, 0.2) is 0 Å². The van der Waals surface area contributed by atoms with Crippen LogP contribution in [0.2, 0.25) is 0 Å². The minimum atomic E-state index is 0.263. The van der Waals surface area contributed by atoms with Crippen LogP contribution in [0.5, 0.6) is 0 Å². The van der Waals surface area contributed by atoms with Crippen LogP contribution in [0.1, 0.15) is 32.6 Å². The number of ether oxygens (including phenoxy) is 1. The summed E-state index contributed by atoms with van der Waals surface area (Å²) in [4.78, 5) is 0. The Kier molecular flexibility index (Phi) is 1.75. The average molecular weight is 164 g/mol. The van der Waals surface area contributed by atoms with Crippen molar-refractivity contribution in [2.75, 3.05) is 0 Å². The fourth-order valence-electron chi connectivity index (χ4n) is 2.27. The van der Waals surface area contributed by atoms with E-state index < -0.39 is 0 Å². The summed E-state index contributed by atoms with van der Waals surface area (Å²) in [5.74, 6) is 1.22. The molecule has 0 aromatic heterocycles. The van der Waals surface area contributed by atoms with Gasteiger partial charge in [-0.1, -0.05) is 19.6 Å². The molecule has 2 rings (SSSR count). The van der Waals surface area contributed by atoms with Crippen molar-refractivity contribution in [3.05, 3.63) is 24.5 Å². The Hall–Kier alpha value is -0.720. The van der Waals surface area contributed by atoms with Crippen LogP contribution in [0.4, 0.5) is 0 Å². The Morgan fingerprint density at radius 1 is 1.75 bits per heavy atom. The van der Waals surface area contributed by atoms with Crippen LogP contribution < -0.4 is 0 Å². The molecule has 1 heterocycles. The van der Waals surface area contributed by atoms with Crippen LogP contribution in [0.3, 0.4) is 0 Å². The minimum absolute atomic E-state index is 0.263. The summed E-state index contributed by atoms with van der Waals surface area (Å²) in [6, 6.07) is 0. The molecule has 1 fully saturated rings. The monoisotopic (exact) mass is 164 g/mol. The normalized spacial score (nSPS) is 39.8. The smallest absolute Gasteiger partial charge is 0.117 e. The van der Waals surface area contributed by atoms with E-state index in [2.05, 4.69) is 19.6 Å². The molecule has 0 aromatic carbocycles. The Morgan fingerprint density at radius 2 is 2.58 bits per heavy atom. The van der Waals surface area contributed by atoms with Gasteiger partial charge in [-0.05, 0) is 25.3 Å². The summed E-state index contributed by atoms with van der Waals surface area (Å²) in [6.07, 6.45) is 9.35. The zero-order chi connectivity index (χ0) is 8.60. The van der Waals surface area contributed by atoms with Gasteiger partial charge in [-0.15, -0.1) is 0 Å². The van der Waals surface area contributed by atoms with Crippen LogP contribution in [0, 0.1) is 5.41 Å². The average Bonchev–Trinajstić information content (AvgIpc) is 2.41. The van der Waals surface area contributed by atoms with Crippen LogP contribution >= 0.6 is 0 Å². The molecule has 0 N–H and O–H groups in total. The molecule has 1 aliphatic carbocycles. The molecular formula is C11H16O. The molecule has 1 nitrogen and oxygen atoms in total. The molecule has 1 heteroatoms. The second-order valence-corrected chi connectivity index (χ2v) is 4.12. The number of fused-ring (bicyclic) bond motifs is 1. The van der Waals surface area contributed by atoms with Crippen LogP contribution in [-0.2, 0) is 4.74 Å². The maximum Gasteiger partial charge on any atom is 0.117 e. The molecule has 0 spiro atoms. The van der Waals surface area contributed by atoms with Gasteiger partial charge in [0.1, 0.15) is 6.10 Å². The highest BCUT2D eigenvalue weighted by Gasteiger charge is 2.41. The van der Waals surface area contributed by atoms with Gasteiger partial charge in [-0.2, -0.15) is 0 Å². The molecule has 1 aliphatic heterocycles. The first-order valence-corrected chi connectivity index (χ1v) is 4.74. The molecule has 0 unspecified atom stereocenters. The lowest BCUT2D eigenvalue weighted by Gasteiger charge is -2.26. The van der Waals surface area contributed by atoms with Gasteiger partial charge in [0.05, 0.1) is 5.76 Å². The third-order valence-electron chi connectivity index (χ3n) is 3.05. The van der Waals surface area contributed by atoms with Crippen LogP contribution in [0.15, 0.2) is 24.5 Å². The lowest BCUT2D eigenvalue weighted by atomic mass is 9.77. The second-order valence-electron chi connectivity index (χ2n) is 4.12. The quantitative estimate of drug-likeness (QED) is 0.541. The molecule has 1 saturated heterocycles. The first kappa shape index (κ1) is 7.90. The lowest BCUT2D eigenvalue weighted by molar-refractivity contribution is 0.190.